The molecule has 0 rings (SSSR count). The van der Waals surface area contributed by atoms with Crippen molar-refractivity contribution in [1.82, 2.24) is 0 Å². The smallest absolute Gasteiger partial charge is 0.303 e. The molecule has 1 unspecified atom stereocenters. The molecule has 0 saturated heterocycles. The summed E-state index contributed by atoms with van der Waals surface area (Å²) in [6.07, 6.45) is 11.9. The lowest BCUT2D eigenvalue weighted by Crippen LogP contribution is -1.99. The Labute approximate surface area is 83.8 Å². The summed E-state index contributed by atoms with van der Waals surface area (Å²) in [7, 11) is 0. The van der Waals surface area contributed by atoms with Crippen LogP contribution < -0.4 is 0 Å². The van der Waals surface area contributed by atoms with Crippen LogP contribution >= 0.6 is 0 Å². The quantitative estimate of drug-likeness (QED) is 0.495. The first-order valence-electron chi connectivity index (χ1n) is 4.34. The average molecular weight is 194 g/mol. The molecule has 0 radical (unpaired) electrons. The second-order valence-electron chi connectivity index (χ2n) is 2.73. The van der Waals surface area contributed by atoms with E-state index in [0.29, 0.717) is 12.8 Å². The molecule has 0 aromatic heterocycles. The van der Waals surface area contributed by atoms with Crippen molar-refractivity contribution in [1.29, 1.82) is 0 Å². The molecule has 0 aliphatic carbocycles. The fraction of sp³-hybridized carbons (Fsp3) is 0.364. The van der Waals surface area contributed by atoms with Crippen LogP contribution in [-0.4, -0.2) is 22.3 Å². The van der Waals surface area contributed by atoms with Crippen LogP contribution in [0.1, 0.15) is 19.3 Å². The van der Waals surface area contributed by atoms with Crippen LogP contribution in [0, 0.1) is 12.3 Å². The second-order valence-corrected chi connectivity index (χ2v) is 2.73. The van der Waals surface area contributed by atoms with Gasteiger partial charge in [0.05, 0.1) is 6.10 Å². The average Bonchev–Trinajstić information content (AvgIpc) is 2.13. The van der Waals surface area contributed by atoms with E-state index in [9.17, 15) is 9.90 Å². The van der Waals surface area contributed by atoms with Crippen LogP contribution in [0.3, 0.4) is 0 Å². The monoisotopic (exact) mass is 194 g/mol. The molecule has 3 heteroatoms. The van der Waals surface area contributed by atoms with Crippen LogP contribution in [0.15, 0.2) is 24.3 Å². The van der Waals surface area contributed by atoms with E-state index in [1.54, 1.807) is 12.2 Å². The summed E-state index contributed by atoms with van der Waals surface area (Å²) in [5.74, 6) is 1.46. The van der Waals surface area contributed by atoms with Crippen LogP contribution in [0.4, 0.5) is 0 Å². The molecule has 14 heavy (non-hydrogen) atoms. The molecule has 2 N–H and O–H groups in total. The lowest BCUT2D eigenvalue weighted by atomic mass is 10.2. The summed E-state index contributed by atoms with van der Waals surface area (Å²) in [5.41, 5.74) is 0. The van der Waals surface area contributed by atoms with Crippen molar-refractivity contribution in [2.24, 2.45) is 0 Å². The highest BCUT2D eigenvalue weighted by Crippen LogP contribution is 1.98. The van der Waals surface area contributed by atoms with Crippen LogP contribution in [0.25, 0.3) is 0 Å². The van der Waals surface area contributed by atoms with Crippen molar-refractivity contribution < 1.29 is 15.0 Å². The van der Waals surface area contributed by atoms with Gasteiger partial charge in [0.25, 0.3) is 0 Å². The first-order chi connectivity index (χ1) is 6.66. The maximum absolute atomic E-state index is 10.1. The number of carboxylic acids is 1. The zero-order valence-corrected chi connectivity index (χ0v) is 7.89. The molecule has 0 fully saturated rings. The van der Waals surface area contributed by atoms with E-state index >= 15 is 0 Å². The Morgan fingerprint density at radius 2 is 2.21 bits per heavy atom. The van der Waals surface area contributed by atoms with E-state index in [1.165, 1.54) is 12.2 Å². The maximum Gasteiger partial charge on any atom is 0.303 e. The molecule has 0 aromatic carbocycles. The first kappa shape index (κ1) is 12.5. The Morgan fingerprint density at radius 1 is 1.50 bits per heavy atom. The highest BCUT2D eigenvalue weighted by atomic mass is 16.4. The maximum atomic E-state index is 10.1. The Bertz CT molecular complexity index is 258. The number of hydrogen-bond acceptors (Lipinski definition) is 2. The van der Waals surface area contributed by atoms with Gasteiger partial charge in [-0.3, -0.25) is 4.79 Å². The predicted molar refractivity (Wildman–Crippen MR) is 54.6 cm³/mol. The van der Waals surface area contributed by atoms with Crippen molar-refractivity contribution in [2.45, 2.75) is 25.4 Å². The summed E-state index contributed by atoms with van der Waals surface area (Å²) in [6.45, 7) is 0. The van der Waals surface area contributed by atoms with E-state index < -0.39 is 12.1 Å². The van der Waals surface area contributed by atoms with Gasteiger partial charge in [0.2, 0.25) is 0 Å². The molecule has 76 valence electrons. The number of terminal acetylenes is 1. The van der Waals surface area contributed by atoms with Gasteiger partial charge in [0, 0.05) is 6.42 Å². The summed E-state index contributed by atoms with van der Waals surface area (Å²) < 4.78 is 0. The van der Waals surface area contributed by atoms with Crippen molar-refractivity contribution >= 4 is 5.97 Å². The SMILES string of the molecule is C#C/C=C/C(O)C/C=C\CCC(=O)O. The third-order valence-corrected chi connectivity index (χ3v) is 1.48. The first-order valence-corrected chi connectivity index (χ1v) is 4.34. The molecular weight excluding hydrogens is 180 g/mol. The number of rotatable bonds is 6. The lowest BCUT2D eigenvalue weighted by molar-refractivity contribution is -0.136. The normalized spacial score (nSPS) is 13.1. The van der Waals surface area contributed by atoms with Gasteiger partial charge < -0.3 is 10.2 Å². The third-order valence-electron chi connectivity index (χ3n) is 1.48. The zero-order valence-electron chi connectivity index (χ0n) is 7.89. The molecule has 0 bridgehead atoms. The number of hydrogen-bond donors (Lipinski definition) is 2. The van der Waals surface area contributed by atoms with Crippen LogP contribution in [0.2, 0.25) is 0 Å². The van der Waals surface area contributed by atoms with Gasteiger partial charge in [-0.1, -0.05) is 18.1 Å². The van der Waals surface area contributed by atoms with Gasteiger partial charge in [-0.05, 0) is 25.0 Å². The molecule has 0 spiro atoms. The fourth-order valence-electron chi connectivity index (χ4n) is 0.806. The fourth-order valence-corrected chi connectivity index (χ4v) is 0.806. The molecule has 0 saturated carbocycles. The van der Waals surface area contributed by atoms with Crippen molar-refractivity contribution in [2.75, 3.05) is 0 Å². The summed E-state index contributed by atoms with van der Waals surface area (Å²) >= 11 is 0. The Hall–Kier alpha value is -1.53. The highest BCUT2D eigenvalue weighted by Gasteiger charge is 1.94. The molecule has 1 atom stereocenters. The Balaban J connectivity index is 3.56. The molecule has 3 nitrogen and oxygen atoms in total. The van der Waals surface area contributed by atoms with Crippen LogP contribution in [0.5, 0.6) is 0 Å². The van der Waals surface area contributed by atoms with Gasteiger partial charge in [0.15, 0.2) is 0 Å². The molecule has 0 amide bonds. The van der Waals surface area contributed by atoms with Crippen molar-refractivity contribution in [3.05, 3.63) is 24.3 Å². The van der Waals surface area contributed by atoms with Gasteiger partial charge in [-0.15, -0.1) is 6.42 Å². The molecule has 0 aliphatic rings. The minimum Gasteiger partial charge on any atom is -0.481 e. The number of aliphatic carboxylic acids is 1. The van der Waals surface area contributed by atoms with Gasteiger partial charge in [-0.2, -0.15) is 0 Å². The van der Waals surface area contributed by atoms with E-state index in [-0.39, 0.29) is 6.42 Å². The van der Waals surface area contributed by atoms with E-state index in [1.807, 2.05) is 0 Å². The number of aliphatic hydroxyl groups is 1. The predicted octanol–water partition coefficient (Wildman–Crippen LogP) is 1.35. The summed E-state index contributed by atoms with van der Waals surface area (Å²) in [4.78, 5) is 10.1. The minimum atomic E-state index is -0.817. The molecule has 0 aromatic rings. The molecular formula is C11H14O3. The van der Waals surface area contributed by atoms with Gasteiger partial charge in [0.1, 0.15) is 0 Å². The largest absolute Gasteiger partial charge is 0.481 e. The number of allylic oxidation sites excluding steroid dienone is 2. The number of carbonyl (C=O) groups is 1. The van der Waals surface area contributed by atoms with Crippen molar-refractivity contribution in [3.63, 3.8) is 0 Å². The van der Waals surface area contributed by atoms with Crippen molar-refractivity contribution in [3.8, 4) is 12.3 Å². The number of carboxylic acid groups (broad SMARTS) is 1. The Morgan fingerprint density at radius 3 is 2.79 bits per heavy atom. The molecule has 0 heterocycles. The summed E-state index contributed by atoms with van der Waals surface area (Å²) in [5, 5.41) is 17.6. The third kappa shape index (κ3) is 8.57. The minimum absolute atomic E-state index is 0.118. The van der Waals surface area contributed by atoms with E-state index in [2.05, 4.69) is 5.92 Å². The zero-order chi connectivity index (χ0) is 10.8. The standard InChI is InChI=1S/C11H14O3/c1-2-3-7-10(12)8-5-4-6-9-11(13)14/h1,3-5,7,10,12H,6,8-9H2,(H,13,14)/b5-4-,7-3+. The highest BCUT2D eigenvalue weighted by molar-refractivity contribution is 5.66. The van der Waals surface area contributed by atoms with Crippen LogP contribution in [-0.2, 0) is 4.79 Å². The second kappa shape index (κ2) is 8.09. The summed E-state index contributed by atoms with van der Waals surface area (Å²) in [6, 6.07) is 0. The number of aliphatic hydroxyl groups excluding tert-OH is 1. The van der Waals surface area contributed by atoms with Gasteiger partial charge >= 0.3 is 5.97 Å². The van der Waals surface area contributed by atoms with E-state index in [0.717, 1.165) is 0 Å². The topological polar surface area (TPSA) is 57.5 Å². The van der Waals surface area contributed by atoms with Gasteiger partial charge in [-0.25, -0.2) is 0 Å². The Kier molecular flexibility index (Phi) is 7.20. The lowest BCUT2D eigenvalue weighted by Gasteiger charge is -1.98. The molecule has 0 aliphatic heterocycles. The van der Waals surface area contributed by atoms with E-state index in [4.69, 9.17) is 11.5 Å².